The molecule has 3 aromatic rings. The number of phenolic OH excluding ortho intramolecular Hbond substituents is 1. The van der Waals surface area contributed by atoms with Gasteiger partial charge < -0.3 is 15.7 Å². The Morgan fingerprint density at radius 1 is 1.22 bits per heavy atom. The number of piperidine rings is 1. The predicted molar refractivity (Wildman–Crippen MR) is 107 cm³/mol. The van der Waals surface area contributed by atoms with Gasteiger partial charge in [-0.2, -0.15) is 0 Å². The number of anilines is 1. The highest BCUT2D eigenvalue weighted by Crippen LogP contribution is 2.34. The number of rotatable bonds is 4. The first-order valence-electron chi connectivity index (χ1n) is 9.05. The van der Waals surface area contributed by atoms with E-state index in [1.807, 2.05) is 18.2 Å². The van der Waals surface area contributed by atoms with Gasteiger partial charge in [-0.25, -0.2) is 4.39 Å². The van der Waals surface area contributed by atoms with Gasteiger partial charge in [0.15, 0.2) is 11.6 Å². The van der Waals surface area contributed by atoms with Crippen LogP contribution in [0.1, 0.15) is 12.8 Å². The summed E-state index contributed by atoms with van der Waals surface area (Å²) in [4.78, 5) is 4.37. The first-order valence-corrected chi connectivity index (χ1v) is 9.43. The molecule has 6 heteroatoms. The summed E-state index contributed by atoms with van der Waals surface area (Å²) in [6.07, 6.45) is 3.99. The summed E-state index contributed by atoms with van der Waals surface area (Å²) in [5.41, 5.74) is 3.14. The first kappa shape index (κ1) is 18.0. The van der Waals surface area contributed by atoms with E-state index < -0.39 is 11.6 Å². The molecule has 1 aliphatic rings. The molecule has 139 valence electrons. The van der Waals surface area contributed by atoms with Gasteiger partial charge in [-0.05, 0) is 67.2 Å². The van der Waals surface area contributed by atoms with Gasteiger partial charge in [0.05, 0.1) is 16.2 Å². The highest BCUT2D eigenvalue weighted by atomic mass is 35.5. The molecule has 0 atom stereocenters. The lowest BCUT2D eigenvalue weighted by Gasteiger charge is -2.23. The molecule has 27 heavy (non-hydrogen) atoms. The number of phenols is 1. The summed E-state index contributed by atoms with van der Waals surface area (Å²) in [5.74, 6) is -0.629. The standard InChI is InChI=1S/C21H20ClFN3O/c22-17-10-15(11-18(23)21(17)27)14-1-2-19-16(9-14)20(5-8-25-19)26-12-13-3-6-24-7-4-13/h1-2,8-11,13,24,27H,3-4,6-7,12H2,(H,25,26). The highest BCUT2D eigenvalue weighted by Gasteiger charge is 2.14. The second-order valence-electron chi connectivity index (χ2n) is 6.87. The van der Waals surface area contributed by atoms with Crippen molar-refractivity contribution in [2.45, 2.75) is 12.8 Å². The maximum absolute atomic E-state index is 13.9. The van der Waals surface area contributed by atoms with E-state index in [1.54, 1.807) is 12.3 Å². The van der Waals surface area contributed by atoms with E-state index in [0.29, 0.717) is 11.5 Å². The molecule has 1 aromatic heterocycles. The van der Waals surface area contributed by atoms with E-state index in [2.05, 4.69) is 21.7 Å². The molecular formula is C21H20ClFN3O. The number of nitrogens with zero attached hydrogens (tertiary/aromatic N) is 1. The molecule has 0 spiro atoms. The fraction of sp³-hybridized carbons (Fsp3) is 0.286. The average Bonchev–Trinajstić information content (AvgIpc) is 2.70. The number of aromatic hydroxyl groups is 1. The van der Waals surface area contributed by atoms with Crippen LogP contribution < -0.4 is 10.6 Å². The molecule has 0 saturated carbocycles. The van der Waals surface area contributed by atoms with Gasteiger partial charge in [0.1, 0.15) is 0 Å². The molecule has 4 rings (SSSR count). The van der Waals surface area contributed by atoms with Crippen LogP contribution in [0.25, 0.3) is 22.0 Å². The van der Waals surface area contributed by atoms with Crippen LogP contribution in [0.15, 0.2) is 36.5 Å². The number of nitrogens with one attached hydrogen (secondary N) is 2. The van der Waals surface area contributed by atoms with Crippen LogP contribution in [0.3, 0.4) is 0 Å². The van der Waals surface area contributed by atoms with Crippen LogP contribution in [0.4, 0.5) is 10.1 Å². The van der Waals surface area contributed by atoms with Crippen LogP contribution in [0.2, 0.25) is 5.02 Å². The summed E-state index contributed by atoms with van der Waals surface area (Å²) in [6, 6.07) is 11.7. The third-order valence-corrected chi connectivity index (χ3v) is 5.34. The van der Waals surface area contributed by atoms with E-state index in [9.17, 15) is 9.50 Å². The van der Waals surface area contributed by atoms with Crippen molar-refractivity contribution in [3.8, 4) is 16.9 Å². The van der Waals surface area contributed by atoms with Crippen LogP contribution in [-0.2, 0) is 0 Å². The Bertz CT molecular complexity index is 950. The second-order valence-corrected chi connectivity index (χ2v) is 7.28. The topological polar surface area (TPSA) is 57.2 Å². The molecule has 0 amide bonds. The van der Waals surface area contributed by atoms with Crippen molar-refractivity contribution in [3.63, 3.8) is 0 Å². The number of hydrogen-bond donors (Lipinski definition) is 3. The molecule has 2 aromatic carbocycles. The Labute approximate surface area is 162 Å². The van der Waals surface area contributed by atoms with Crippen molar-refractivity contribution < 1.29 is 9.50 Å². The fourth-order valence-electron chi connectivity index (χ4n) is 3.48. The first-order chi connectivity index (χ1) is 13.1. The number of aromatic nitrogens is 1. The van der Waals surface area contributed by atoms with E-state index in [0.717, 1.165) is 54.6 Å². The lowest BCUT2D eigenvalue weighted by atomic mass is 9.98. The second kappa shape index (κ2) is 7.71. The van der Waals surface area contributed by atoms with Gasteiger partial charge in [0.25, 0.3) is 0 Å². The molecule has 0 bridgehead atoms. The molecule has 2 heterocycles. The molecule has 0 aliphatic carbocycles. The number of pyridine rings is 1. The molecule has 1 aliphatic heterocycles. The summed E-state index contributed by atoms with van der Waals surface area (Å²) in [6.45, 7) is 3.01. The zero-order valence-electron chi connectivity index (χ0n) is 14.7. The van der Waals surface area contributed by atoms with Crippen molar-refractivity contribution in [2.75, 3.05) is 25.0 Å². The van der Waals surface area contributed by atoms with Gasteiger partial charge in [-0.3, -0.25) is 4.98 Å². The zero-order valence-corrected chi connectivity index (χ0v) is 15.5. The Balaban J connectivity index is 1.66. The summed E-state index contributed by atoms with van der Waals surface area (Å²) < 4.78 is 13.9. The SMILES string of the molecule is Oc1c(F)cc(-c2ccc3nc[c]c(NCC4CCNCC4)c3c2)cc1Cl. The largest absolute Gasteiger partial charge is 0.504 e. The van der Waals surface area contributed by atoms with Crippen molar-refractivity contribution in [1.82, 2.24) is 10.3 Å². The van der Waals surface area contributed by atoms with Crippen LogP contribution in [-0.4, -0.2) is 29.7 Å². The minimum atomic E-state index is -0.736. The quantitative estimate of drug-likeness (QED) is 0.614. The summed E-state index contributed by atoms with van der Waals surface area (Å²) >= 11 is 5.93. The maximum atomic E-state index is 13.9. The van der Waals surface area contributed by atoms with Crippen LogP contribution in [0.5, 0.6) is 5.75 Å². The lowest BCUT2D eigenvalue weighted by molar-refractivity contribution is 0.390. The van der Waals surface area contributed by atoms with Crippen molar-refractivity contribution in [1.29, 1.82) is 0 Å². The summed E-state index contributed by atoms with van der Waals surface area (Å²) in [5, 5.41) is 17.3. The van der Waals surface area contributed by atoms with Gasteiger partial charge in [0.2, 0.25) is 0 Å². The molecule has 1 fully saturated rings. The Hall–Kier alpha value is -2.37. The van der Waals surface area contributed by atoms with Crippen molar-refractivity contribution >= 4 is 28.2 Å². The number of halogens is 2. The zero-order chi connectivity index (χ0) is 18.8. The molecule has 1 saturated heterocycles. The Morgan fingerprint density at radius 3 is 2.81 bits per heavy atom. The van der Waals surface area contributed by atoms with Gasteiger partial charge in [-0.1, -0.05) is 17.7 Å². The number of hydrogen-bond acceptors (Lipinski definition) is 4. The van der Waals surface area contributed by atoms with E-state index in [4.69, 9.17) is 11.6 Å². The monoisotopic (exact) mass is 384 g/mol. The van der Waals surface area contributed by atoms with E-state index >= 15 is 0 Å². The Kier molecular flexibility index (Phi) is 5.14. The van der Waals surface area contributed by atoms with E-state index in [-0.39, 0.29) is 5.02 Å². The lowest BCUT2D eigenvalue weighted by Crippen LogP contribution is -2.31. The van der Waals surface area contributed by atoms with Gasteiger partial charge in [-0.15, -0.1) is 0 Å². The fourth-order valence-corrected chi connectivity index (χ4v) is 3.69. The highest BCUT2D eigenvalue weighted by molar-refractivity contribution is 6.32. The Morgan fingerprint density at radius 2 is 2.04 bits per heavy atom. The minimum absolute atomic E-state index is 0.00731. The van der Waals surface area contributed by atoms with Crippen LogP contribution >= 0.6 is 11.6 Å². The maximum Gasteiger partial charge on any atom is 0.170 e. The van der Waals surface area contributed by atoms with Crippen molar-refractivity contribution in [3.05, 3.63) is 53.4 Å². The van der Waals surface area contributed by atoms with Crippen molar-refractivity contribution in [2.24, 2.45) is 5.92 Å². The minimum Gasteiger partial charge on any atom is -0.504 e. The number of fused-ring (bicyclic) bond motifs is 1. The molecule has 4 nitrogen and oxygen atoms in total. The smallest absolute Gasteiger partial charge is 0.170 e. The predicted octanol–water partition coefficient (Wildman–Crippen LogP) is 4.61. The average molecular weight is 385 g/mol. The van der Waals surface area contributed by atoms with E-state index in [1.165, 1.54) is 6.07 Å². The van der Waals surface area contributed by atoms with Gasteiger partial charge >= 0.3 is 0 Å². The molecule has 1 radical (unpaired) electrons. The third-order valence-electron chi connectivity index (χ3n) is 5.05. The van der Waals surface area contributed by atoms with Crippen LogP contribution in [0, 0.1) is 17.8 Å². The summed E-state index contributed by atoms with van der Waals surface area (Å²) in [7, 11) is 0. The molecule has 3 N–H and O–H groups in total. The number of benzene rings is 2. The third kappa shape index (κ3) is 3.84. The molecule has 0 unspecified atom stereocenters. The molecular weight excluding hydrogens is 365 g/mol. The normalized spacial score (nSPS) is 15.2. The van der Waals surface area contributed by atoms with Gasteiger partial charge in [0, 0.05) is 24.2 Å².